The Morgan fingerprint density at radius 2 is 2.05 bits per heavy atom. The fourth-order valence-electron chi connectivity index (χ4n) is 1.67. The van der Waals surface area contributed by atoms with Crippen LogP contribution in [0.15, 0.2) is 17.0 Å². The molecule has 0 amide bonds. The SMILES string of the molecule is Cc1cc(S(=O)(=O)NCCSC(=S)NC2CC2)c(Cl)cc1Cl. The van der Waals surface area contributed by atoms with Crippen molar-refractivity contribution in [1.82, 2.24) is 10.0 Å². The maximum atomic E-state index is 12.3. The topological polar surface area (TPSA) is 58.2 Å². The zero-order valence-electron chi connectivity index (χ0n) is 11.9. The van der Waals surface area contributed by atoms with Crippen molar-refractivity contribution < 1.29 is 8.42 Å². The molecule has 22 heavy (non-hydrogen) atoms. The van der Waals surface area contributed by atoms with Gasteiger partial charge in [0.2, 0.25) is 10.0 Å². The second-order valence-electron chi connectivity index (χ2n) is 4.98. The molecule has 4 nitrogen and oxygen atoms in total. The first-order valence-corrected chi connectivity index (χ1v) is 10.3. The molecule has 0 bridgehead atoms. The molecule has 0 atom stereocenters. The number of hydrogen-bond acceptors (Lipinski definition) is 4. The smallest absolute Gasteiger partial charge is 0.242 e. The van der Waals surface area contributed by atoms with Crippen LogP contribution in [0.2, 0.25) is 10.0 Å². The molecule has 1 aliphatic rings. The number of nitrogens with one attached hydrogen (secondary N) is 2. The van der Waals surface area contributed by atoms with Gasteiger partial charge in [-0.1, -0.05) is 47.2 Å². The molecule has 0 spiro atoms. The van der Waals surface area contributed by atoms with Gasteiger partial charge in [-0.2, -0.15) is 0 Å². The molecular formula is C13H16Cl2N2O2S3. The third-order valence-electron chi connectivity index (χ3n) is 3.03. The van der Waals surface area contributed by atoms with Crippen LogP contribution in [-0.2, 0) is 10.0 Å². The minimum absolute atomic E-state index is 0.0414. The number of halogens is 2. The highest BCUT2D eigenvalue weighted by atomic mass is 35.5. The largest absolute Gasteiger partial charge is 0.368 e. The van der Waals surface area contributed by atoms with Crippen LogP contribution in [0.3, 0.4) is 0 Å². The van der Waals surface area contributed by atoms with Gasteiger partial charge < -0.3 is 5.32 Å². The second-order valence-corrected chi connectivity index (χ2v) is 9.31. The number of thiocarbonyl (C=S) groups is 1. The van der Waals surface area contributed by atoms with Crippen molar-refractivity contribution in [3.63, 3.8) is 0 Å². The van der Waals surface area contributed by atoms with Gasteiger partial charge in [0.05, 0.1) is 5.02 Å². The standard InChI is InChI=1S/C13H16Cl2N2O2S3/c1-8-6-12(11(15)7-10(8)14)22(18,19)16-4-5-21-13(20)17-9-2-3-9/h6-7,9,16H,2-5H2,1H3,(H,17,20). The van der Waals surface area contributed by atoms with Crippen LogP contribution in [0.25, 0.3) is 0 Å². The highest BCUT2D eigenvalue weighted by Crippen LogP contribution is 2.28. The summed E-state index contributed by atoms with van der Waals surface area (Å²) in [5, 5.41) is 3.74. The molecule has 9 heteroatoms. The Morgan fingerprint density at radius 1 is 1.36 bits per heavy atom. The van der Waals surface area contributed by atoms with Gasteiger partial charge in [-0.3, -0.25) is 0 Å². The predicted molar refractivity (Wildman–Crippen MR) is 97.6 cm³/mol. The first kappa shape index (κ1) is 18.3. The molecule has 1 aromatic rings. The van der Waals surface area contributed by atoms with Crippen LogP contribution < -0.4 is 10.0 Å². The Labute approximate surface area is 150 Å². The first-order valence-electron chi connectivity index (χ1n) is 6.68. The Balaban J connectivity index is 1.88. The van der Waals surface area contributed by atoms with E-state index in [1.54, 1.807) is 6.92 Å². The summed E-state index contributed by atoms with van der Waals surface area (Å²) in [7, 11) is -3.66. The van der Waals surface area contributed by atoms with E-state index in [1.165, 1.54) is 23.9 Å². The van der Waals surface area contributed by atoms with E-state index < -0.39 is 10.0 Å². The molecule has 0 saturated heterocycles. The van der Waals surface area contributed by atoms with Crippen molar-refractivity contribution in [3.05, 3.63) is 27.7 Å². The number of benzene rings is 1. The summed E-state index contributed by atoms with van der Waals surface area (Å²) in [4.78, 5) is 0.0414. The third kappa shape index (κ3) is 5.25. The highest BCUT2D eigenvalue weighted by Gasteiger charge is 2.22. The Hall–Kier alpha value is -0.0500. The molecular weight excluding hydrogens is 383 g/mol. The summed E-state index contributed by atoms with van der Waals surface area (Å²) in [6, 6.07) is 3.42. The zero-order valence-corrected chi connectivity index (χ0v) is 15.8. The molecule has 1 aromatic carbocycles. The lowest BCUT2D eigenvalue weighted by Gasteiger charge is -2.10. The van der Waals surface area contributed by atoms with Gasteiger partial charge in [-0.25, -0.2) is 13.1 Å². The first-order chi connectivity index (χ1) is 10.3. The maximum Gasteiger partial charge on any atom is 0.242 e. The van der Waals surface area contributed by atoms with E-state index in [0.29, 0.717) is 26.7 Å². The van der Waals surface area contributed by atoms with Crippen molar-refractivity contribution in [2.45, 2.75) is 30.7 Å². The van der Waals surface area contributed by atoms with Crippen LogP contribution in [0.1, 0.15) is 18.4 Å². The average molecular weight is 399 g/mol. The quantitative estimate of drug-likeness (QED) is 0.568. The van der Waals surface area contributed by atoms with Crippen molar-refractivity contribution in [3.8, 4) is 0 Å². The van der Waals surface area contributed by atoms with Gasteiger partial charge >= 0.3 is 0 Å². The Bertz CT molecular complexity index is 676. The average Bonchev–Trinajstić information content (AvgIpc) is 3.22. The monoisotopic (exact) mass is 398 g/mol. The molecule has 0 heterocycles. The fraction of sp³-hybridized carbons (Fsp3) is 0.462. The van der Waals surface area contributed by atoms with Gasteiger partial charge in [-0.05, 0) is 37.5 Å². The van der Waals surface area contributed by atoms with Crippen LogP contribution >= 0.6 is 47.2 Å². The van der Waals surface area contributed by atoms with E-state index in [9.17, 15) is 8.42 Å². The summed E-state index contributed by atoms with van der Waals surface area (Å²) in [6.07, 6.45) is 2.31. The van der Waals surface area contributed by atoms with Gasteiger partial charge in [0.15, 0.2) is 0 Å². The van der Waals surface area contributed by atoms with Crippen molar-refractivity contribution >= 4 is 61.5 Å². The number of sulfonamides is 1. The lowest BCUT2D eigenvalue weighted by molar-refractivity contribution is 0.584. The summed E-state index contributed by atoms with van der Waals surface area (Å²) in [6.45, 7) is 2.01. The lowest BCUT2D eigenvalue weighted by atomic mass is 10.2. The molecule has 0 aromatic heterocycles. The van der Waals surface area contributed by atoms with Crippen molar-refractivity contribution in [2.75, 3.05) is 12.3 Å². The summed E-state index contributed by atoms with van der Waals surface area (Å²) in [5.41, 5.74) is 0.663. The van der Waals surface area contributed by atoms with E-state index in [-0.39, 0.29) is 16.5 Å². The minimum Gasteiger partial charge on any atom is -0.368 e. The Kier molecular flexibility index (Phi) is 6.39. The van der Waals surface area contributed by atoms with E-state index in [1.807, 2.05) is 0 Å². The van der Waals surface area contributed by atoms with Crippen molar-refractivity contribution in [1.29, 1.82) is 0 Å². The zero-order chi connectivity index (χ0) is 16.3. The molecule has 0 aliphatic heterocycles. The molecule has 122 valence electrons. The fourth-order valence-corrected chi connectivity index (χ4v) is 4.72. The Morgan fingerprint density at radius 3 is 2.68 bits per heavy atom. The summed E-state index contributed by atoms with van der Waals surface area (Å²) in [5.74, 6) is 0.558. The van der Waals surface area contributed by atoms with Crippen LogP contribution in [-0.4, -0.2) is 31.1 Å². The van der Waals surface area contributed by atoms with Gasteiger partial charge in [0.25, 0.3) is 0 Å². The van der Waals surface area contributed by atoms with Crippen LogP contribution in [0.4, 0.5) is 0 Å². The molecule has 1 aliphatic carbocycles. The molecule has 0 radical (unpaired) electrons. The number of hydrogen-bond donors (Lipinski definition) is 2. The number of rotatable bonds is 6. The number of aryl methyl sites for hydroxylation is 1. The molecule has 1 saturated carbocycles. The van der Waals surface area contributed by atoms with Crippen LogP contribution in [0, 0.1) is 6.92 Å². The third-order valence-corrected chi connectivity index (χ3v) is 6.62. The van der Waals surface area contributed by atoms with Gasteiger partial charge in [0.1, 0.15) is 9.22 Å². The molecule has 0 unspecified atom stereocenters. The van der Waals surface area contributed by atoms with E-state index in [4.69, 9.17) is 35.4 Å². The van der Waals surface area contributed by atoms with E-state index >= 15 is 0 Å². The molecule has 2 rings (SSSR count). The normalized spacial score (nSPS) is 14.9. The van der Waals surface area contributed by atoms with Gasteiger partial charge in [-0.15, -0.1) is 0 Å². The predicted octanol–water partition coefficient (Wildman–Crippen LogP) is 3.35. The van der Waals surface area contributed by atoms with E-state index in [2.05, 4.69) is 10.0 Å². The molecule has 1 fully saturated rings. The van der Waals surface area contributed by atoms with Crippen molar-refractivity contribution in [2.24, 2.45) is 0 Å². The second kappa shape index (κ2) is 7.68. The minimum atomic E-state index is -3.66. The summed E-state index contributed by atoms with van der Waals surface area (Å²) < 4.78 is 27.7. The lowest BCUT2D eigenvalue weighted by Crippen LogP contribution is -2.28. The summed E-state index contributed by atoms with van der Waals surface area (Å²) >= 11 is 18.5. The molecule has 2 N–H and O–H groups in total. The highest BCUT2D eigenvalue weighted by molar-refractivity contribution is 8.23. The number of thioether (sulfide) groups is 1. The van der Waals surface area contributed by atoms with Crippen LogP contribution in [0.5, 0.6) is 0 Å². The van der Waals surface area contributed by atoms with E-state index in [0.717, 1.165) is 12.8 Å². The van der Waals surface area contributed by atoms with Gasteiger partial charge in [0, 0.05) is 23.4 Å². The maximum absolute atomic E-state index is 12.3.